The number of amides is 1. The van der Waals surface area contributed by atoms with Gasteiger partial charge in [-0.15, -0.1) is 0 Å². The summed E-state index contributed by atoms with van der Waals surface area (Å²) >= 11 is 12.4. The predicted octanol–water partition coefficient (Wildman–Crippen LogP) is 6.99. The molecule has 5 rings (SSSR count). The predicted molar refractivity (Wildman–Crippen MR) is 128 cm³/mol. The second-order valence-electron chi connectivity index (χ2n) is 7.64. The van der Waals surface area contributed by atoms with Gasteiger partial charge in [-0.05, 0) is 54.1 Å². The Labute approximate surface area is 197 Å². The fourth-order valence-electron chi connectivity index (χ4n) is 4.15. The highest BCUT2D eigenvalue weighted by Crippen LogP contribution is 2.37. The first-order valence-corrected chi connectivity index (χ1v) is 10.8. The van der Waals surface area contributed by atoms with Crippen molar-refractivity contribution in [2.75, 3.05) is 0 Å². The molecule has 0 aliphatic carbocycles. The number of aromatic nitrogens is 1. The van der Waals surface area contributed by atoms with Gasteiger partial charge < -0.3 is 10.3 Å². The number of primary amides is 1. The van der Waals surface area contributed by atoms with Crippen molar-refractivity contribution in [3.05, 3.63) is 106 Å². The van der Waals surface area contributed by atoms with Crippen LogP contribution in [-0.4, -0.2) is 10.5 Å². The summed E-state index contributed by atoms with van der Waals surface area (Å²) in [6.45, 7) is 0.0391. The standard InChI is InChI=1S/C26H15Cl2F2N2O/c27-16-8-10-17(20(28)12-16)14-7-9-18-23(11-14)32(13-15-3-1-5-21(29)25(15)30)22-6-2-4-19(24(18)22)26(31)33/h1-8,10-12H,13H2,(H2,31,33). The first-order valence-electron chi connectivity index (χ1n) is 10.00. The molecule has 0 aliphatic heterocycles. The van der Waals surface area contributed by atoms with Crippen LogP contribution in [0.15, 0.2) is 66.7 Å². The van der Waals surface area contributed by atoms with E-state index in [0.29, 0.717) is 37.4 Å². The Morgan fingerprint density at radius 2 is 1.79 bits per heavy atom. The average Bonchev–Trinajstić information content (AvgIpc) is 3.10. The van der Waals surface area contributed by atoms with Gasteiger partial charge in [-0.1, -0.05) is 47.5 Å². The average molecular weight is 480 g/mol. The minimum absolute atomic E-state index is 0.0391. The largest absolute Gasteiger partial charge is 0.366 e. The quantitative estimate of drug-likeness (QED) is 0.296. The van der Waals surface area contributed by atoms with Crippen LogP contribution >= 0.6 is 23.2 Å². The van der Waals surface area contributed by atoms with Crippen LogP contribution in [0.2, 0.25) is 10.0 Å². The van der Waals surface area contributed by atoms with Crippen molar-refractivity contribution in [1.29, 1.82) is 0 Å². The highest BCUT2D eigenvalue weighted by molar-refractivity contribution is 6.36. The normalized spacial score (nSPS) is 11.4. The summed E-state index contributed by atoms with van der Waals surface area (Å²) in [6.07, 6.45) is 0. The number of rotatable bonds is 4. The van der Waals surface area contributed by atoms with E-state index in [1.54, 1.807) is 36.4 Å². The zero-order chi connectivity index (χ0) is 23.3. The lowest BCUT2D eigenvalue weighted by molar-refractivity contribution is 0.100. The number of hydrogen-bond acceptors (Lipinski definition) is 1. The molecule has 7 heteroatoms. The van der Waals surface area contributed by atoms with Gasteiger partial charge in [0.05, 0.1) is 17.6 Å². The van der Waals surface area contributed by atoms with Crippen LogP contribution < -0.4 is 5.73 Å². The third-order valence-corrected chi connectivity index (χ3v) is 6.21. The van der Waals surface area contributed by atoms with Crippen LogP contribution in [0.4, 0.5) is 8.78 Å². The maximum absolute atomic E-state index is 14.5. The SMILES string of the molecule is NC(=O)c1cccc2c1c1[c]cc(-c3ccc(Cl)cc3Cl)cc1n2Cc1cccc(F)c1F. The van der Waals surface area contributed by atoms with Crippen LogP contribution in [0, 0.1) is 17.7 Å². The minimum atomic E-state index is -0.925. The molecule has 3 nitrogen and oxygen atoms in total. The van der Waals surface area contributed by atoms with Gasteiger partial charge in [0.15, 0.2) is 11.6 Å². The Balaban J connectivity index is 1.82. The van der Waals surface area contributed by atoms with Crippen molar-refractivity contribution in [2.24, 2.45) is 5.73 Å². The van der Waals surface area contributed by atoms with E-state index in [4.69, 9.17) is 28.9 Å². The summed E-state index contributed by atoms with van der Waals surface area (Å²) in [6, 6.07) is 21.3. The maximum atomic E-state index is 14.5. The zero-order valence-electron chi connectivity index (χ0n) is 17.0. The van der Waals surface area contributed by atoms with Crippen LogP contribution in [0.5, 0.6) is 0 Å². The highest BCUT2D eigenvalue weighted by Gasteiger charge is 2.19. The molecule has 4 aromatic carbocycles. The first-order chi connectivity index (χ1) is 15.8. The molecule has 0 aliphatic rings. The molecule has 0 spiro atoms. The molecule has 5 aromatic rings. The third kappa shape index (κ3) is 3.63. The lowest BCUT2D eigenvalue weighted by atomic mass is 10.0. The second-order valence-corrected chi connectivity index (χ2v) is 8.48. The van der Waals surface area contributed by atoms with Gasteiger partial charge >= 0.3 is 0 Å². The number of nitrogens with two attached hydrogens (primary N) is 1. The smallest absolute Gasteiger partial charge is 0.249 e. The minimum Gasteiger partial charge on any atom is -0.366 e. The summed E-state index contributed by atoms with van der Waals surface area (Å²) < 4.78 is 30.2. The fourth-order valence-corrected chi connectivity index (χ4v) is 4.67. The Bertz CT molecular complexity index is 1580. The molecule has 1 aromatic heterocycles. The molecule has 0 bridgehead atoms. The third-order valence-electron chi connectivity index (χ3n) is 5.66. The number of carbonyl (C=O) groups excluding carboxylic acids is 1. The van der Waals surface area contributed by atoms with Gasteiger partial charge in [0.25, 0.3) is 0 Å². The Morgan fingerprint density at radius 3 is 2.55 bits per heavy atom. The van der Waals surface area contributed by atoms with Gasteiger partial charge in [0.1, 0.15) is 0 Å². The van der Waals surface area contributed by atoms with E-state index in [9.17, 15) is 13.6 Å². The van der Waals surface area contributed by atoms with E-state index in [1.165, 1.54) is 12.1 Å². The molecule has 1 heterocycles. The molecule has 1 radical (unpaired) electrons. The maximum Gasteiger partial charge on any atom is 0.249 e. The molecule has 1 amide bonds. The molecule has 2 N–H and O–H groups in total. The van der Waals surface area contributed by atoms with Crippen LogP contribution in [0.3, 0.4) is 0 Å². The first kappa shape index (κ1) is 21.4. The number of benzene rings is 4. The van der Waals surface area contributed by atoms with Crippen LogP contribution in [0.25, 0.3) is 32.9 Å². The van der Waals surface area contributed by atoms with Gasteiger partial charge in [-0.25, -0.2) is 8.78 Å². The molecular formula is C26H15Cl2F2N2O. The summed E-state index contributed by atoms with van der Waals surface area (Å²) in [5.74, 6) is -2.43. The Hall–Kier alpha value is -3.41. The van der Waals surface area contributed by atoms with E-state index in [-0.39, 0.29) is 12.1 Å². The number of halogens is 4. The van der Waals surface area contributed by atoms with Gasteiger partial charge in [-0.2, -0.15) is 0 Å². The van der Waals surface area contributed by atoms with Crippen molar-refractivity contribution in [3.8, 4) is 11.1 Å². The molecule has 0 fully saturated rings. The number of fused-ring (bicyclic) bond motifs is 3. The monoisotopic (exact) mass is 479 g/mol. The van der Waals surface area contributed by atoms with Crippen molar-refractivity contribution < 1.29 is 13.6 Å². The highest BCUT2D eigenvalue weighted by atomic mass is 35.5. The van der Waals surface area contributed by atoms with E-state index in [2.05, 4.69) is 6.07 Å². The molecule has 0 saturated carbocycles. The molecule has 163 valence electrons. The lowest BCUT2D eigenvalue weighted by Gasteiger charge is -2.11. The summed E-state index contributed by atoms with van der Waals surface area (Å²) in [4.78, 5) is 12.1. The topological polar surface area (TPSA) is 48.0 Å². The van der Waals surface area contributed by atoms with Crippen molar-refractivity contribution in [3.63, 3.8) is 0 Å². The number of nitrogens with zero attached hydrogens (tertiary/aromatic N) is 1. The fraction of sp³-hybridized carbons (Fsp3) is 0.0385. The number of carbonyl (C=O) groups is 1. The van der Waals surface area contributed by atoms with Crippen molar-refractivity contribution in [1.82, 2.24) is 4.57 Å². The van der Waals surface area contributed by atoms with E-state index in [0.717, 1.165) is 17.2 Å². The molecular weight excluding hydrogens is 465 g/mol. The Kier molecular flexibility index (Phi) is 5.31. The summed E-state index contributed by atoms with van der Waals surface area (Å²) in [5.41, 5.74) is 8.95. The Morgan fingerprint density at radius 1 is 1.00 bits per heavy atom. The molecule has 33 heavy (non-hydrogen) atoms. The molecule has 0 saturated heterocycles. The van der Waals surface area contributed by atoms with Crippen LogP contribution in [-0.2, 0) is 6.54 Å². The van der Waals surface area contributed by atoms with E-state index >= 15 is 0 Å². The molecule has 0 atom stereocenters. The second kappa shape index (κ2) is 8.18. The van der Waals surface area contributed by atoms with E-state index < -0.39 is 17.5 Å². The van der Waals surface area contributed by atoms with Crippen molar-refractivity contribution >= 4 is 50.9 Å². The lowest BCUT2D eigenvalue weighted by Crippen LogP contribution is -2.11. The van der Waals surface area contributed by atoms with E-state index in [1.807, 2.05) is 16.7 Å². The van der Waals surface area contributed by atoms with Crippen LogP contribution in [0.1, 0.15) is 15.9 Å². The number of hydrogen-bond donors (Lipinski definition) is 1. The molecule has 0 unspecified atom stereocenters. The van der Waals surface area contributed by atoms with Gasteiger partial charge in [-0.3, -0.25) is 4.79 Å². The van der Waals surface area contributed by atoms with Gasteiger partial charge in [0.2, 0.25) is 5.91 Å². The van der Waals surface area contributed by atoms with Gasteiger partial charge in [0, 0.05) is 37.5 Å². The summed E-state index contributed by atoms with van der Waals surface area (Å²) in [7, 11) is 0. The van der Waals surface area contributed by atoms with Crippen molar-refractivity contribution in [2.45, 2.75) is 6.54 Å². The summed E-state index contributed by atoms with van der Waals surface area (Å²) in [5, 5.41) is 2.22. The zero-order valence-corrected chi connectivity index (χ0v) is 18.5.